The summed E-state index contributed by atoms with van der Waals surface area (Å²) in [5, 5.41) is 6.69. The fourth-order valence-corrected chi connectivity index (χ4v) is 3.04. The lowest BCUT2D eigenvalue weighted by Crippen LogP contribution is -2.33. The Labute approximate surface area is 112 Å². The van der Waals surface area contributed by atoms with Crippen LogP contribution in [-0.2, 0) is 0 Å². The molecule has 0 radical (unpaired) electrons. The van der Waals surface area contributed by atoms with E-state index in [-0.39, 0.29) is 5.91 Å². The molecule has 1 amide bonds. The average molecular weight is 265 g/mol. The van der Waals surface area contributed by atoms with Gasteiger partial charge in [-0.25, -0.2) is 4.98 Å². The number of nitrogens with one attached hydrogen (secondary N) is 2. The van der Waals surface area contributed by atoms with E-state index < -0.39 is 0 Å². The molecule has 1 saturated carbocycles. The largest absolute Gasteiger partial charge is 0.373 e. The van der Waals surface area contributed by atoms with E-state index in [9.17, 15) is 4.79 Å². The Bertz CT molecular complexity index is 424. The molecule has 0 aromatic carbocycles. The molecular formula is C13H19N3OS. The van der Waals surface area contributed by atoms with Gasteiger partial charge in [0.2, 0.25) is 0 Å². The van der Waals surface area contributed by atoms with Crippen LogP contribution in [-0.4, -0.2) is 35.5 Å². The van der Waals surface area contributed by atoms with E-state index in [0.717, 1.165) is 18.7 Å². The van der Waals surface area contributed by atoms with Gasteiger partial charge in [0.05, 0.1) is 0 Å². The lowest BCUT2D eigenvalue weighted by atomic mass is 10.2. The Morgan fingerprint density at radius 2 is 2.28 bits per heavy atom. The zero-order valence-electron chi connectivity index (χ0n) is 10.8. The molecule has 0 saturated heterocycles. The van der Waals surface area contributed by atoms with Gasteiger partial charge in [-0.05, 0) is 37.7 Å². The van der Waals surface area contributed by atoms with E-state index in [1.165, 1.54) is 6.42 Å². The third kappa shape index (κ3) is 3.16. The van der Waals surface area contributed by atoms with Gasteiger partial charge in [0.1, 0.15) is 11.5 Å². The maximum Gasteiger partial charge on any atom is 0.270 e. The predicted octanol–water partition coefficient (Wildman–Crippen LogP) is 2.14. The number of rotatable bonds is 4. The lowest BCUT2D eigenvalue weighted by molar-refractivity contribution is 0.0933. The van der Waals surface area contributed by atoms with Gasteiger partial charge in [0, 0.05) is 18.3 Å². The van der Waals surface area contributed by atoms with Crippen LogP contribution in [0.2, 0.25) is 0 Å². The third-order valence-electron chi connectivity index (χ3n) is 3.29. The van der Waals surface area contributed by atoms with Gasteiger partial charge < -0.3 is 10.6 Å². The van der Waals surface area contributed by atoms with Crippen LogP contribution in [0, 0.1) is 0 Å². The van der Waals surface area contributed by atoms with Crippen LogP contribution in [0.4, 0.5) is 5.82 Å². The second-order valence-electron chi connectivity index (χ2n) is 4.50. The zero-order chi connectivity index (χ0) is 13.0. The minimum absolute atomic E-state index is 0.0705. The quantitative estimate of drug-likeness (QED) is 0.876. The monoisotopic (exact) mass is 265 g/mol. The summed E-state index contributed by atoms with van der Waals surface area (Å²) in [6.07, 6.45) is 5.46. The van der Waals surface area contributed by atoms with Crippen molar-refractivity contribution < 1.29 is 4.79 Å². The molecular weight excluding hydrogens is 246 g/mol. The number of anilines is 1. The van der Waals surface area contributed by atoms with Gasteiger partial charge in [-0.15, -0.1) is 0 Å². The van der Waals surface area contributed by atoms with Gasteiger partial charge in [0.15, 0.2) is 0 Å². The summed E-state index contributed by atoms with van der Waals surface area (Å²) in [5.74, 6) is 0.648. The average Bonchev–Trinajstić information content (AvgIpc) is 2.86. The molecule has 18 heavy (non-hydrogen) atoms. The molecule has 98 valence electrons. The fourth-order valence-electron chi connectivity index (χ4n) is 2.25. The van der Waals surface area contributed by atoms with Crippen LogP contribution in [0.25, 0.3) is 0 Å². The molecule has 1 aliphatic rings. The molecule has 1 heterocycles. The van der Waals surface area contributed by atoms with Crippen molar-refractivity contribution in [3.63, 3.8) is 0 Å². The van der Waals surface area contributed by atoms with Crippen molar-refractivity contribution in [3.8, 4) is 0 Å². The van der Waals surface area contributed by atoms with Crippen molar-refractivity contribution in [2.45, 2.75) is 30.6 Å². The molecule has 2 N–H and O–H groups in total. The van der Waals surface area contributed by atoms with E-state index in [4.69, 9.17) is 0 Å². The Morgan fingerprint density at radius 1 is 1.44 bits per heavy atom. The standard InChI is InChI=1S/C13H19N3OS/c1-14-12-5-3-4-11(16-12)13(17)15-9-6-7-10(8-9)18-2/h3-5,9-10H,6-8H2,1-2H3,(H,14,16)(H,15,17). The number of carbonyl (C=O) groups is 1. The van der Waals surface area contributed by atoms with Crippen LogP contribution in [0.1, 0.15) is 29.8 Å². The summed E-state index contributed by atoms with van der Waals surface area (Å²) < 4.78 is 0. The number of aromatic nitrogens is 1. The normalized spacial score (nSPS) is 22.8. The second kappa shape index (κ2) is 6.09. The Morgan fingerprint density at radius 3 is 2.94 bits per heavy atom. The summed E-state index contributed by atoms with van der Waals surface area (Å²) >= 11 is 1.89. The first kappa shape index (κ1) is 13.2. The summed E-state index contributed by atoms with van der Waals surface area (Å²) in [7, 11) is 1.80. The molecule has 0 bridgehead atoms. The molecule has 1 fully saturated rings. The van der Waals surface area contributed by atoms with E-state index >= 15 is 0 Å². The van der Waals surface area contributed by atoms with Crippen LogP contribution in [0.5, 0.6) is 0 Å². The molecule has 0 spiro atoms. The van der Waals surface area contributed by atoms with E-state index in [2.05, 4.69) is 21.9 Å². The van der Waals surface area contributed by atoms with Gasteiger partial charge in [-0.1, -0.05) is 6.07 Å². The number of amides is 1. The number of nitrogens with zero attached hydrogens (tertiary/aromatic N) is 1. The van der Waals surface area contributed by atoms with Crippen LogP contribution < -0.4 is 10.6 Å². The first-order valence-electron chi connectivity index (χ1n) is 6.21. The molecule has 1 aromatic heterocycles. The molecule has 5 heteroatoms. The van der Waals surface area contributed by atoms with E-state index in [1.807, 2.05) is 23.9 Å². The van der Waals surface area contributed by atoms with Crippen LogP contribution in [0.15, 0.2) is 18.2 Å². The molecule has 1 aromatic rings. The zero-order valence-corrected chi connectivity index (χ0v) is 11.6. The highest BCUT2D eigenvalue weighted by Gasteiger charge is 2.25. The van der Waals surface area contributed by atoms with Crippen molar-refractivity contribution in [3.05, 3.63) is 23.9 Å². The Kier molecular flexibility index (Phi) is 4.47. The number of hydrogen-bond acceptors (Lipinski definition) is 4. The van der Waals surface area contributed by atoms with Crippen molar-refractivity contribution in [1.29, 1.82) is 0 Å². The van der Waals surface area contributed by atoms with Crippen LogP contribution >= 0.6 is 11.8 Å². The van der Waals surface area contributed by atoms with Crippen molar-refractivity contribution in [2.24, 2.45) is 0 Å². The van der Waals surface area contributed by atoms with Gasteiger partial charge in [-0.2, -0.15) is 11.8 Å². The highest BCUT2D eigenvalue weighted by molar-refractivity contribution is 7.99. The minimum atomic E-state index is -0.0705. The topological polar surface area (TPSA) is 54.0 Å². The summed E-state index contributed by atoms with van der Waals surface area (Å²) in [4.78, 5) is 16.3. The maximum absolute atomic E-state index is 12.1. The summed E-state index contributed by atoms with van der Waals surface area (Å²) in [5.41, 5.74) is 0.481. The number of pyridine rings is 1. The van der Waals surface area contributed by atoms with Crippen molar-refractivity contribution in [2.75, 3.05) is 18.6 Å². The lowest BCUT2D eigenvalue weighted by Gasteiger charge is -2.12. The number of carbonyl (C=O) groups excluding carboxylic acids is 1. The molecule has 2 unspecified atom stereocenters. The fraction of sp³-hybridized carbons (Fsp3) is 0.538. The molecule has 1 aliphatic carbocycles. The van der Waals surface area contributed by atoms with E-state index in [1.54, 1.807) is 13.1 Å². The van der Waals surface area contributed by atoms with Gasteiger partial charge in [0.25, 0.3) is 5.91 Å². The maximum atomic E-state index is 12.1. The molecule has 0 aliphatic heterocycles. The highest BCUT2D eigenvalue weighted by atomic mass is 32.2. The Balaban J connectivity index is 1.95. The predicted molar refractivity (Wildman–Crippen MR) is 76.2 cm³/mol. The minimum Gasteiger partial charge on any atom is -0.373 e. The van der Waals surface area contributed by atoms with Crippen molar-refractivity contribution >= 4 is 23.5 Å². The van der Waals surface area contributed by atoms with Crippen molar-refractivity contribution in [1.82, 2.24) is 10.3 Å². The van der Waals surface area contributed by atoms with Gasteiger partial charge >= 0.3 is 0 Å². The SMILES string of the molecule is CNc1cccc(C(=O)NC2CCC(SC)C2)n1. The Hall–Kier alpha value is -1.23. The first-order chi connectivity index (χ1) is 8.72. The molecule has 4 nitrogen and oxygen atoms in total. The third-order valence-corrected chi connectivity index (χ3v) is 4.39. The summed E-state index contributed by atoms with van der Waals surface area (Å²) in [6.45, 7) is 0. The summed E-state index contributed by atoms with van der Waals surface area (Å²) in [6, 6.07) is 5.73. The second-order valence-corrected chi connectivity index (χ2v) is 5.64. The van der Waals surface area contributed by atoms with Crippen LogP contribution in [0.3, 0.4) is 0 Å². The van der Waals surface area contributed by atoms with E-state index in [0.29, 0.717) is 17.0 Å². The number of hydrogen-bond donors (Lipinski definition) is 2. The first-order valence-corrected chi connectivity index (χ1v) is 7.50. The molecule has 2 atom stereocenters. The highest BCUT2D eigenvalue weighted by Crippen LogP contribution is 2.28. The number of thioether (sulfide) groups is 1. The van der Waals surface area contributed by atoms with Gasteiger partial charge in [-0.3, -0.25) is 4.79 Å². The molecule has 2 rings (SSSR count). The smallest absolute Gasteiger partial charge is 0.270 e.